The van der Waals surface area contributed by atoms with Gasteiger partial charge in [-0.3, -0.25) is 10.1 Å². The topological polar surface area (TPSA) is 101 Å². The zero-order chi connectivity index (χ0) is 12.4. The number of benzene rings is 1. The van der Waals surface area contributed by atoms with Gasteiger partial charge >= 0.3 is 0 Å². The van der Waals surface area contributed by atoms with Gasteiger partial charge in [-0.05, 0) is 6.07 Å². The molecule has 0 fully saturated rings. The maximum Gasteiger partial charge on any atom is 0.270 e. The number of hydrogen-bond donors (Lipinski definition) is 2. The minimum Gasteiger partial charge on any atom is -0.507 e. The predicted molar refractivity (Wildman–Crippen MR) is 63.2 cm³/mol. The van der Waals surface area contributed by atoms with Crippen LogP contribution in [0.15, 0.2) is 18.2 Å². The summed E-state index contributed by atoms with van der Waals surface area (Å²) in [4.78, 5) is 14.2. The lowest BCUT2D eigenvalue weighted by Gasteiger charge is -1.99. The highest BCUT2D eigenvalue weighted by Crippen LogP contribution is 2.32. The number of nitro benzene ring substituents is 1. The fourth-order valence-corrected chi connectivity index (χ4v) is 1.78. The number of phenols is 1. The van der Waals surface area contributed by atoms with Crippen molar-refractivity contribution in [1.82, 2.24) is 9.36 Å². The number of anilines is 1. The molecule has 8 heteroatoms. The monoisotopic (exact) mass is 252 g/mol. The van der Waals surface area contributed by atoms with Crippen LogP contribution < -0.4 is 5.32 Å². The van der Waals surface area contributed by atoms with E-state index in [-0.39, 0.29) is 22.8 Å². The molecule has 0 spiro atoms. The van der Waals surface area contributed by atoms with Crippen LogP contribution >= 0.6 is 11.5 Å². The number of aromatic hydroxyl groups is 1. The summed E-state index contributed by atoms with van der Waals surface area (Å²) in [6.07, 6.45) is 0. The first-order chi connectivity index (χ1) is 8.11. The molecule has 88 valence electrons. The van der Waals surface area contributed by atoms with Crippen LogP contribution in [0.3, 0.4) is 0 Å². The summed E-state index contributed by atoms with van der Waals surface area (Å²) in [5.41, 5.74) is 0.135. The van der Waals surface area contributed by atoms with Gasteiger partial charge in [0.15, 0.2) is 5.82 Å². The van der Waals surface area contributed by atoms with Crippen LogP contribution in [0.1, 0.15) is 0 Å². The molecule has 17 heavy (non-hydrogen) atoms. The van der Waals surface area contributed by atoms with Crippen molar-refractivity contribution in [1.29, 1.82) is 0 Å². The second-order valence-corrected chi connectivity index (χ2v) is 3.88. The average Bonchev–Trinajstić information content (AvgIpc) is 2.77. The average molecular weight is 252 g/mol. The molecular formula is C9H8N4O3S. The third-order valence-corrected chi connectivity index (χ3v) is 2.80. The number of nitrogens with one attached hydrogen (secondary N) is 1. The summed E-state index contributed by atoms with van der Waals surface area (Å²) in [7, 11) is 1.69. The van der Waals surface area contributed by atoms with Crippen molar-refractivity contribution in [3.05, 3.63) is 28.3 Å². The fourth-order valence-electron chi connectivity index (χ4n) is 1.25. The van der Waals surface area contributed by atoms with E-state index in [4.69, 9.17) is 0 Å². The molecule has 0 aliphatic rings. The maximum absolute atomic E-state index is 10.6. The molecule has 2 N–H and O–H groups in total. The van der Waals surface area contributed by atoms with E-state index in [1.807, 2.05) is 0 Å². The molecule has 0 aliphatic carbocycles. The lowest BCUT2D eigenvalue weighted by atomic mass is 10.1. The van der Waals surface area contributed by atoms with E-state index >= 15 is 0 Å². The van der Waals surface area contributed by atoms with Crippen LogP contribution in [0.2, 0.25) is 0 Å². The van der Waals surface area contributed by atoms with E-state index in [2.05, 4.69) is 14.7 Å². The number of nitro groups is 1. The van der Waals surface area contributed by atoms with Gasteiger partial charge in [0.2, 0.25) is 5.13 Å². The second kappa shape index (κ2) is 4.34. The summed E-state index contributed by atoms with van der Waals surface area (Å²) in [5, 5.41) is 23.6. The van der Waals surface area contributed by atoms with Crippen molar-refractivity contribution in [3.63, 3.8) is 0 Å². The van der Waals surface area contributed by atoms with Crippen molar-refractivity contribution in [2.45, 2.75) is 0 Å². The summed E-state index contributed by atoms with van der Waals surface area (Å²) >= 11 is 1.11. The van der Waals surface area contributed by atoms with Crippen molar-refractivity contribution < 1.29 is 10.0 Å². The summed E-state index contributed by atoms with van der Waals surface area (Å²) in [5.74, 6) is 0.177. The van der Waals surface area contributed by atoms with Gasteiger partial charge in [-0.15, -0.1) is 0 Å². The van der Waals surface area contributed by atoms with Crippen molar-refractivity contribution >= 4 is 22.4 Å². The van der Waals surface area contributed by atoms with E-state index < -0.39 is 4.92 Å². The molecule has 2 aromatic rings. The molecule has 0 saturated heterocycles. The normalized spacial score (nSPS) is 10.2. The Bertz CT molecular complexity index is 569. The Morgan fingerprint density at radius 2 is 2.29 bits per heavy atom. The Morgan fingerprint density at radius 3 is 2.88 bits per heavy atom. The minimum atomic E-state index is -0.533. The standard InChI is InChI=1S/C9H8N4O3S/c1-10-9-11-8(12-17-9)6-4-5(13(15)16)2-3-7(6)14/h2-4,14H,1H3,(H,10,11,12). The van der Waals surface area contributed by atoms with E-state index in [1.54, 1.807) is 7.05 Å². The smallest absolute Gasteiger partial charge is 0.270 e. The van der Waals surface area contributed by atoms with Gasteiger partial charge in [0.1, 0.15) is 5.75 Å². The first-order valence-electron chi connectivity index (χ1n) is 4.61. The van der Waals surface area contributed by atoms with Gasteiger partial charge in [-0.2, -0.15) is 9.36 Å². The number of nitrogens with zero attached hydrogens (tertiary/aromatic N) is 3. The van der Waals surface area contributed by atoms with Gasteiger partial charge < -0.3 is 10.4 Å². The van der Waals surface area contributed by atoms with Crippen molar-refractivity contribution in [2.24, 2.45) is 0 Å². The molecule has 0 bridgehead atoms. The number of phenolic OH excluding ortho intramolecular Hbond substituents is 1. The lowest BCUT2D eigenvalue weighted by Crippen LogP contribution is -1.90. The van der Waals surface area contributed by atoms with Gasteiger partial charge in [0.05, 0.1) is 10.5 Å². The highest BCUT2D eigenvalue weighted by Gasteiger charge is 2.15. The van der Waals surface area contributed by atoms with Crippen molar-refractivity contribution in [3.8, 4) is 17.1 Å². The van der Waals surface area contributed by atoms with Crippen LogP contribution in [0, 0.1) is 10.1 Å². The lowest BCUT2D eigenvalue weighted by molar-refractivity contribution is -0.384. The van der Waals surface area contributed by atoms with E-state index in [9.17, 15) is 15.2 Å². The summed E-state index contributed by atoms with van der Waals surface area (Å²) in [6.45, 7) is 0. The molecule has 0 amide bonds. The molecule has 1 aromatic carbocycles. The van der Waals surface area contributed by atoms with Gasteiger partial charge in [0.25, 0.3) is 5.69 Å². The largest absolute Gasteiger partial charge is 0.507 e. The van der Waals surface area contributed by atoms with Gasteiger partial charge in [0, 0.05) is 30.7 Å². The molecular weight excluding hydrogens is 244 g/mol. The zero-order valence-corrected chi connectivity index (χ0v) is 9.56. The van der Waals surface area contributed by atoms with Crippen LogP contribution in [-0.4, -0.2) is 26.4 Å². The highest BCUT2D eigenvalue weighted by atomic mass is 32.1. The number of non-ortho nitro benzene ring substituents is 1. The first kappa shape index (κ1) is 11.3. The molecule has 1 aromatic heterocycles. The quantitative estimate of drug-likeness (QED) is 0.638. The number of rotatable bonds is 3. The maximum atomic E-state index is 10.6. The van der Waals surface area contributed by atoms with Crippen LogP contribution in [-0.2, 0) is 0 Å². The van der Waals surface area contributed by atoms with E-state index in [0.29, 0.717) is 5.13 Å². The molecule has 0 aliphatic heterocycles. The molecule has 0 atom stereocenters. The van der Waals surface area contributed by atoms with Crippen LogP contribution in [0.4, 0.5) is 10.8 Å². The molecule has 7 nitrogen and oxygen atoms in total. The van der Waals surface area contributed by atoms with E-state index in [0.717, 1.165) is 11.5 Å². The Morgan fingerprint density at radius 1 is 1.53 bits per heavy atom. The second-order valence-electron chi connectivity index (χ2n) is 3.13. The Labute approximate surface area is 100 Å². The summed E-state index contributed by atoms with van der Waals surface area (Å²) in [6, 6.07) is 3.73. The minimum absolute atomic E-state index is 0.0870. The van der Waals surface area contributed by atoms with Gasteiger partial charge in [-0.25, -0.2) is 0 Å². The van der Waals surface area contributed by atoms with Gasteiger partial charge in [-0.1, -0.05) is 0 Å². The molecule has 0 radical (unpaired) electrons. The van der Waals surface area contributed by atoms with E-state index in [1.165, 1.54) is 18.2 Å². The number of hydrogen-bond acceptors (Lipinski definition) is 7. The molecule has 2 rings (SSSR count). The Kier molecular flexibility index (Phi) is 2.88. The van der Waals surface area contributed by atoms with Crippen molar-refractivity contribution in [2.75, 3.05) is 12.4 Å². The van der Waals surface area contributed by atoms with Crippen LogP contribution in [0.25, 0.3) is 11.4 Å². The molecule has 0 saturated carbocycles. The highest BCUT2D eigenvalue weighted by molar-refractivity contribution is 7.09. The zero-order valence-electron chi connectivity index (χ0n) is 8.75. The molecule has 0 unspecified atom stereocenters. The predicted octanol–water partition coefficient (Wildman–Crippen LogP) is 1.86. The Balaban J connectivity index is 2.49. The Hall–Kier alpha value is -2.22. The fraction of sp³-hybridized carbons (Fsp3) is 0.111. The summed E-state index contributed by atoms with van der Waals surface area (Å²) < 4.78 is 4.00. The third kappa shape index (κ3) is 2.16. The van der Waals surface area contributed by atoms with Crippen LogP contribution in [0.5, 0.6) is 5.75 Å². The third-order valence-electron chi connectivity index (χ3n) is 2.07. The SMILES string of the molecule is CNc1nc(-c2cc([N+](=O)[O-])ccc2O)ns1. The molecule has 1 heterocycles. The number of aromatic nitrogens is 2. The first-order valence-corrected chi connectivity index (χ1v) is 5.38.